The van der Waals surface area contributed by atoms with Crippen LogP contribution in [0.15, 0.2) is 24.3 Å². The molecule has 2 aromatic rings. The maximum absolute atomic E-state index is 13.9. The van der Waals surface area contributed by atoms with E-state index >= 15 is 0 Å². The van der Waals surface area contributed by atoms with Crippen LogP contribution in [0, 0.1) is 50.2 Å². The SMILES string of the molecule is Cc1cc(F)c(C#Cc2cc(C)c(C3CC3C)c(C)c2)c(F)c1. The van der Waals surface area contributed by atoms with Crippen molar-refractivity contribution in [3.8, 4) is 11.8 Å². The molecule has 1 fully saturated rings. The lowest BCUT2D eigenvalue weighted by atomic mass is 9.95. The van der Waals surface area contributed by atoms with Crippen LogP contribution in [0.25, 0.3) is 0 Å². The average Bonchev–Trinajstić information content (AvgIpc) is 3.13. The topological polar surface area (TPSA) is 0 Å². The van der Waals surface area contributed by atoms with Crippen molar-refractivity contribution < 1.29 is 8.78 Å². The Morgan fingerprint density at radius 1 is 0.913 bits per heavy atom. The van der Waals surface area contributed by atoms with Gasteiger partial charge in [0.2, 0.25) is 0 Å². The van der Waals surface area contributed by atoms with Crippen LogP contribution < -0.4 is 0 Å². The minimum Gasteiger partial charge on any atom is -0.206 e. The summed E-state index contributed by atoms with van der Waals surface area (Å²) in [5, 5.41) is 0. The second-order valence-corrected chi connectivity index (χ2v) is 6.70. The van der Waals surface area contributed by atoms with Gasteiger partial charge in [-0.15, -0.1) is 0 Å². The lowest BCUT2D eigenvalue weighted by Crippen LogP contribution is -1.95. The fourth-order valence-electron chi connectivity index (χ4n) is 3.31. The quantitative estimate of drug-likeness (QED) is 0.618. The molecule has 0 aliphatic heterocycles. The Morgan fingerprint density at radius 3 is 1.91 bits per heavy atom. The summed E-state index contributed by atoms with van der Waals surface area (Å²) in [4.78, 5) is 0. The zero-order chi connectivity index (χ0) is 16.7. The number of aryl methyl sites for hydroxylation is 3. The molecule has 118 valence electrons. The molecule has 0 aromatic heterocycles. The highest BCUT2D eigenvalue weighted by molar-refractivity contribution is 5.50. The van der Waals surface area contributed by atoms with Crippen molar-refractivity contribution in [2.75, 3.05) is 0 Å². The standard InChI is InChI=1S/C21H20F2/c1-12-7-19(22)17(20(23)8-12)6-5-16-9-14(3)21(15(4)10-16)18-11-13(18)2/h7-10,13,18H,11H2,1-4H3. The van der Waals surface area contributed by atoms with Gasteiger partial charge >= 0.3 is 0 Å². The first kappa shape index (κ1) is 15.7. The molecule has 0 amide bonds. The average molecular weight is 310 g/mol. The zero-order valence-corrected chi connectivity index (χ0v) is 13.9. The van der Waals surface area contributed by atoms with Crippen LogP contribution in [-0.2, 0) is 0 Å². The summed E-state index contributed by atoms with van der Waals surface area (Å²) in [6.45, 7) is 8.10. The second kappa shape index (κ2) is 5.81. The third-order valence-corrected chi connectivity index (χ3v) is 4.59. The molecule has 2 unspecified atom stereocenters. The number of hydrogen-bond donors (Lipinski definition) is 0. The van der Waals surface area contributed by atoms with E-state index in [2.05, 4.69) is 32.6 Å². The minimum absolute atomic E-state index is 0.161. The molecule has 0 saturated heterocycles. The van der Waals surface area contributed by atoms with E-state index in [1.807, 2.05) is 12.1 Å². The zero-order valence-electron chi connectivity index (χ0n) is 13.9. The van der Waals surface area contributed by atoms with E-state index in [-0.39, 0.29) is 5.56 Å². The first-order chi connectivity index (χ1) is 10.9. The Balaban J connectivity index is 1.96. The Kier molecular flexibility index (Phi) is 3.98. The van der Waals surface area contributed by atoms with E-state index in [1.54, 1.807) is 6.92 Å². The largest absolute Gasteiger partial charge is 0.206 e. The smallest absolute Gasteiger partial charge is 0.142 e. The van der Waals surface area contributed by atoms with Crippen molar-refractivity contribution in [2.45, 2.75) is 40.0 Å². The van der Waals surface area contributed by atoms with Crippen LogP contribution in [-0.4, -0.2) is 0 Å². The van der Waals surface area contributed by atoms with Gasteiger partial charge in [0.25, 0.3) is 0 Å². The van der Waals surface area contributed by atoms with Crippen molar-refractivity contribution in [2.24, 2.45) is 5.92 Å². The third-order valence-electron chi connectivity index (χ3n) is 4.59. The van der Waals surface area contributed by atoms with Gasteiger partial charge in [-0.3, -0.25) is 0 Å². The molecule has 0 N–H and O–H groups in total. The van der Waals surface area contributed by atoms with E-state index in [4.69, 9.17) is 0 Å². The van der Waals surface area contributed by atoms with E-state index in [0.29, 0.717) is 11.5 Å². The Bertz CT molecular complexity index is 791. The van der Waals surface area contributed by atoms with Crippen molar-refractivity contribution >= 4 is 0 Å². The van der Waals surface area contributed by atoms with Crippen molar-refractivity contribution in [3.63, 3.8) is 0 Å². The molecule has 0 spiro atoms. The Morgan fingerprint density at radius 2 is 1.43 bits per heavy atom. The molecule has 2 heteroatoms. The molecule has 1 aliphatic carbocycles. The van der Waals surface area contributed by atoms with Gasteiger partial charge in [0.1, 0.15) is 11.6 Å². The molecule has 0 nitrogen and oxygen atoms in total. The third kappa shape index (κ3) is 3.15. The molecule has 0 heterocycles. The highest BCUT2D eigenvalue weighted by atomic mass is 19.1. The maximum Gasteiger partial charge on any atom is 0.142 e. The number of halogens is 2. The second-order valence-electron chi connectivity index (χ2n) is 6.70. The van der Waals surface area contributed by atoms with Crippen LogP contribution in [0.3, 0.4) is 0 Å². The monoisotopic (exact) mass is 310 g/mol. The van der Waals surface area contributed by atoms with Crippen molar-refractivity contribution in [3.05, 3.63) is 69.3 Å². The Labute approximate surface area is 136 Å². The van der Waals surface area contributed by atoms with Crippen LogP contribution in [0.2, 0.25) is 0 Å². The number of rotatable bonds is 1. The molecule has 2 aromatic carbocycles. The normalized spacial score (nSPS) is 19.2. The number of benzene rings is 2. The highest BCUT2D eigenvalue weighted by Gasteiger charge is 2.35. The molecule has 2 atom stereocenters. The summed E-state index contributed by atoms with van der Waals surface area (Å²) >= 11 is 0. The summed E-state index contributed by atoms with van der Waals surface area (Å²) in [5.41, 5.74) is 5.04. The Hall–Kier alpha value is -2.14. The van der Waals surface area contributed by atoms with Gasteiger partial charge in [-0.1, -0.05) is 18.8 Å². The summed E-state index contributed by atoms with van der Waals surface area (Å²) in [7, 11) is 0. The van der Waals surface area contributed by atoms with E-state index < -0.39 is 11.6 Å². The van der Waals surface area contributed by atoms with Gasteiger partial charge in [-0.2, -0.15) is 0 Å². The molecule has 1 saturated carbocycles. The molecule has 3 rings (SSSR count). The van der Waals surface area contributed by atoms with Crippen LogP contribution in [0.1, 0.15) is 52.6 Å². The lowest BCUT2D eigenvalue weighted by Gasteiger charge is -2.10. The van der Waals surface area contributed by atoms with Crippen molar-refractivity contribution in [1.29, 1.82) is 0 Å². The molecular formula is C21H20F2. The summed E-state index contributed by atoms with van der Waals surface area (Å²) in [6.07, 6.45) is 1.24. The van der Waals surface area contributed by atoms with Crippen LogP contribution in [0.4, 0.5) is 8.78 Å². The molecular weight excluding hydrogens is 290 g/mol. The van der Waals surface area contributed by atoms with E-state index in [0.717, 1.165) is 11.5 Å². The maximum atomic E-state index is 13.9. The number of hydrogen-bond acceptors (Lipinski definition) is 0. The first-order valence-electron chi connectivity index (χ1n) is 7.95. The van der Waals surface area contributed by atoms with Gasteiger partial charge in [0, 0.05) is 5.56 Å². The molecule has 0 radical (unpaired) electrons. The van der Waals surface area contributed by atoms with E-state index in [9.17, 15) is 8.78 Å². The fourth-order valence-corrected chi connectivity index (χ4v) is 3.31. The molecule has 0 bridgehead atoms. The predicted molar refractivity (Wildman–Crippen MR) is 89.5 cm³/mol. The highest BCUT2D eigenvalue weighted by Crippen LogP contribution is 2.49. The van der Waals surface area contributed by atoms with E-state index in [1.165, 1.54) is 35.2 Å². The lowest BCUT2D eigenvalue weighted by molar-refractivity contribution is 0.575. The van der Waals surface area contributed by atoms with Crippen molar-refractivity contribution in [1.82, 2.24) is 0 Å². The first-order valence-corrected chi connectivity index (χ1v) is 7.95. The van der Waals surface area contributed by atoms with Gasteiger partial charge in [0.15, 0.2) is 0 Å². The van der Waals surface area contributed by atoms with Gasteiger partial charge in [0.05, 0.1) is 5.56 Å². The van der Waals surface area contributed by atoms with Gasteiger partial charge in [-0.05, 0) is 85.5 Å². The molecule has 1 aliphatic rings. The summed E-state index contributed by atoms with van der Waals surface area (Å²) in [5.74, 6) is 5.76. The summed E-state index contributed by atoms with van der Waals surface area (Å²) in [6, 6.07) is 6.65. The van der Waals surface area contributed by atoms with Crippen LogP contribution in [0.5, 0.6) is 0 Å². The van der Waals surface area contributed by atoms with Gasteiger partial charge < -0.3 is 0 Å². The summed E-state index contributed by atoms with van der Waals surface area (Å²) < 4.78 is 27.7. The fraction of sp³-hybridized carbons (Fsp3) is 0.333. The van der Waals surface area contributed by atoms with Gasteiger partial charge in [-0.25, -0.2) is 8.78 Å². The van der Waals surface area contributed by atoms with Crippen LogP contribution >= 0.6 is 0 Å². The minimum atomic E-state index is -0.605. The molecule has 23 heavy (non-hydrogen) atoms. The predicted octanol–water partition coefficient (Wildman–Crippen LogP) is 5.41.